The molecule has 4 atom stereocenters. The van der Waals surface area contributed by atoms with Crippen molar-refractivity contribution in [3.05, 3.63) is 51.9 Å². The van der Waals surface area contributed by atoms with Crippen molar-refractivity contribution in [2.45, 2.75) is 48.2 Å². The zero-order chi connectivity index (χ0) is 27.5. The molecule has 1 saturated carbocycles. The van der Waals surface area contributed by atoms with Crippen molar-refractivity contribution in [2.75, 3.05) is 6.54 Å². The second-order valence-electron chi connectivity index (χ2n) is 9.02. The van der Waals surface area contributed by atoms with Gasteiger partial charge in [-0.15, -0.1) is 0 Å². The van der Waals surface area contributed by atoms with Crippen LogP contribution in [0.2, 0.25) is 0 Å². The summed E-state index contributed by atoms with van der Waals surface area (Å²) >= 11 is 0. The van der Waals surface area contributed by atoms with Crippen LogP contribution in [-0.4, -0.2) is 64.0 Å². The smallest absolute Gasteiger partial charge is 0.417 e. The Morgan fingerprint density at radius 1 is 1.27 bits per heavy atom. The number of aliphatic carboxylic acids is 1. The van der Waals surface area contributed by atoms with Gasteiger partial charge in [-0.25, -0.2) is 8.42 Å². The number of rotatable bonds is 6. The number of nitrogens with zero attached hydrogens (tertiary/aromatic N) is 4. The number of hydrogen-bond donors (Lipinski definition) is 2. The third-order valence-electron chi connectivity index (χ3n) is 6.74. The number of carbonyl (C=O) groups is 2. The molecule has 1 aromatic carbocycles. The Hall–Kier alpha value is -3.77. The lowest BCUT2D eigenvalue weighted by Gasteiger charge is -2.22. The number of carboxylic acid groups (broad SMARTS) is 1. The minimum Gasteiger partial charge on any atom is -0.480 e. The number of nitrogens with two attached hydrogens (primary N) is 1. The number of primary amides is 1. The van der Waals surface area contributed by atoms with Crippen LogP contribution in [0.3, 0.4) is 0 Å². The lowest BCUT2D eigenvalue weighted by atomic mass is 10.1. The Morgan fingerprint density at radius 2 is 1.95 bits per heavy atom. The maximum Gasteiger partial charge on any atom is 0.417 e. The molecule has 2 heterocycles. The van der Waals surface area contributed by atoms with Gasteiger partial charge < -0.3 is 10.8 Å². The van der Waals surface area contributed by atoms with Crippen LogP contribution < -0.4 is 11.3 Å². The molecule has 37 heavy (non-hydrogen) atoms. The van der Waals surface area contributed by atoms with Crippen LogP contribution in [-0.2, 0) is 25.6 Å². The second-order valence-corrected chi connectivity index (χ2v) is 11.2. The van der Waals surface area contributed by atoms with Gasteiger partial charge >= 0.3 is 12.1 Å². The fraction of sp³-hybridized carbons (Fsp3) is 0.409. The number of carbonyl (C=O) groups excluding carboxylic acids is 1. The van der Waals surface area contributed by atoms with Gasteiger partial charge in [0.1, 0.15) is 6.04 Å². The summed E-state index contributed by atoms with van der Waals surface area (Å²) < 4.78 is 69.7. The number of sulfone groups is 1. The van der Waals surface area contributed by atoms with E-state index in [1.54, 1.807) is 6.07 Å². The molecule has 2 aliphatic rings. The first-order valence-corrected chi connectivity index (χ1v) is 12.4. The van der Waals surface area contributed by atoms with Crippen molar-refractivity contribution in [3.63, 3.8) is 0 Å². The molecular weight excluding hydrogens is 519 g/mol. The third-order valence-corrected chi connectivity index (χ3v) is 8.93. The van der Waals surface area contributed by atoms with E-state index >= 15 is 0 Å². The predicted octanol–water partition coefficient (Wildman–Crippen LogP) is 0.628. The van der Waals surface area contributed by atoms with E-state index in [1.165, 1.54) is 13.0 Å². The highest BCUT2D eigenvalue weighted by atomic mass is 32.2. The van der Waals surface area contributed by atoms with Crippen LogP contribution in [0.15, 0.2) is 40.0 Å². The number of amides is 1. The maximum absolute atomic E-state index is 14.0. The number of benzene rings is 1. The number of alkyl halides is 3. The van der Waals surface area contributed by atoms with Gasteiger partial charge in [-0.1, -0.05) is 0 Å². The maximum atomic E-state index is 14.0. The number of carboxylic acids is 1. The van der Waals surface area contributed by atoms with Gasteiger partial charge in [0.25, 0.3) is 5.56 Å². The van der Waals surface area contributed by atoms with Gasteiger partial charge in [0.15, 0.2) is 15.3 Å². The Kier molecular flexibility index (Phi) is 6.16. The van der Waals surface area contributed by atoms with Crippen molar-refractivity contribution in [1.29, 1.82) is 5.26 Å². The Morgan fingerprint density at radius 3 is 2.49 bits per heavy atom. The summed E-state index contributed by atoms with van der Waals surface area (Å²) in [7, 11) is -4.77. The van der Waals surface area contributed by atoms with E-state index in [0.717, 1.165) is 17.0 Å². The summed E-state index contributed by atoms with van der Waals surface area (Å²) in [6.07, 6.45) is -5.82. The van der Waals surface area contributed by atoms with Crippen molar-refractivity contribution in [3.8, 4) is 11.8 Å². The molecule has 1 amide bonds. The first kappa shape index (κ1) is 26.3. The normalized spacial score (nSPS) is 26.0. The van der Waals surface area contributed by atoms with E-state index in [9.17, 15) is 46.3 Å². The fourth-order valence-electron chi connectivity index (χ4n) is 4.71. The van der Waals surface area contributed by atoms with E-state index < -0.39 is 79.6 Å². The first-order valence-electron chi connectivity index (χ1n) is 10.9. The Balaban J connectivity index is 1.76. The summed E-state index contributed by atoms with van der Waals surface area (Å²) in [6.45, 7) is 1.00. The molecule has 196 valence electrons. The number of nitriles is 1. The summed E-state index contributed by atoms with van der Waals surface area (Å²) in [5, 5.41) is 21.3. The zero-order valence-electron chi connectivity index (χ0n) is 19.1. The van der Waals surface area contributed by atoms with Gasteiger partial charge in [0, 0.05) is 18.7 Å². The SMILES string of the molecule is Cc1ccc(=O)n(-c2ccc(S(=O)(=O)[C@@H]3C[C@@H](C(=O)O)N(C4CC4(C#N)C(N)=O)C3)c(C(F)(F)F)c2)n1. The molecular formula is C22H20F3N5O6S. The lowest BCUT2D eigenvalue weighted by molar-refractivity contribution is -0.143. The van der Waals surface area contributed by atoms with E-state index in [1.807, 2.05) is 0 Å². The molecule has 0 spiro atoms. The highest BCUT2D eigenvalue weighted by Crippen LogP contribution is 2.51. The largest absolute Gasteiger partial charge is 0.480 e. The molecule has 1 aromatic heterocycles. The van der Waals surface area contributed by atoms with Crippen molar-refractivity contribution in [1.82, 2.24) is 14.7 Å². The van der Waals surface area contributed by atoms with Crippen LogP contribution in [0, 0.1) is 23.7 Å². The van der Waals surface area contributed by atoms with E-state index in [2.05, 4.69) is 5.10 Å². The first-order chi connectivity index (χ1) is 17.1. The highest BCUT2D eigenvalue weighted by molar-refractivity contribution is 7.92. The van der Waals surface area contributed by atoms with Crippen LogP contribution in [0.4, 0.5) is 13.2 Å². The minimum atomic E-state index is -5.14. The van der Waals surface area contributed by atoms with Crippen LogP contribution >= 0.6 is 0 Å². The quantitative estimate of drug-likeness (QED) is 0.533. The summed E-state index contributed by atoms with van der Waals surface area (Å²) in [5.41, 5.74) is 1.33. The number of halogens is 3. The van der Waals surface area contributed by atoms with E-state index in [4.69, 9.17) is 5.73 Å². The van der Waals surface area contributed by atoms with Gasteiger partial charge in [0.2, 0.25) is 5.91 Å². The monoisotopic (exact) mass is 539 g/mol. The van der Waals surface area contributed by atoms with Crippen molar-refractivity contribution >= 4 is 21.7 Å². The van der Waals surface area contributed by atoms with Crippen molar-refractivity contribution < 1.29 is 36.3 Å². The molecule has 3 N–H and O–H groups in total. The van der Waals surface area contributed by atoms with Crippen LogP contribution in [0.25, 0.3) is 5.69 Å². The van der Waals surface area contributed by atoms with E-state index in [0.29, 0.717) is 22.5 Å². The molecule has 0 radical (unpaired) electrons. The fourth-order valence-corrected chi connectivity index (χ4v) is 6.61. The second kappa shape index (κ2) is 8.67. The van der Waals surface area contributed by atoms with Gasteiger partial charge in [-0.05, 0) is 44.0 Å². The lowest BCUT2D eigenvalue weighted by Crippen LogP contribution is -2.42. The molecule has 0 bridgehead atoms. The topological polar surface area (TPSA) is 176 Å². The summed E-state index contributed by atoms with van der Waals surface area (Å²) in [6, 6.07) is 4.00. The van der Waals surface area contributed by atoms with Gasteiger partial charge in [0.05, 0.1) is 33.2 Å². The highest BCUT2D eigenvalue weighted by Gasteiger charge is 2.66. The molecule has 1 aliphatic heterocycles. The molecule has 2 aromatic rings. The summed E-state index contributed by atoms with van der Waals surface area (Å²) in [4.78, 5) is 35.8. The number of aryl methyl sites for hydroxylation is 1. The predicted molar refractivity (Wildman–Crippen MR) is 119 cm³/mol. The number of hydrogen-bond acceptors (Lipinski definition) is 8. The molecule has 1 aliphatic carbocycles. The standard InChI is InChI=1S/C22H20F3N5O6S/c1-11-2-5-18(31)30(28-11)12-3-4-16(14(6-12)22(23,24)25)37(35,36)13-7-15(19(32)33)29(9-13)17-8-21(17,10-26)20(27)34/h2-6,13,15,17H,7-9H2,1H3,(H2,27,34)(H,32,33)/t13-,15+,17?,21?/m1/s1. The van der Waals surface area contributed by atoms with Crippen LogP contribution in [0.5, 0.6) is 0 Å². The van der Waals surface area contributed by atoms with E-state index in [-0.39, 0.29) is 12.1 Å². The molecule has 11 nitrogen and oxygen atoms in total. The number of likely N-dealkylation sites (tertiary alicyclic amines) is 1. The summed E-state index contributed by atoms with van der Waals surface area (Å²) in [5.74, 6) is -2.44. The zero-order valence-corrected chi connectivity index (χ0v) is 20.0. The average molecular weight is 539 g/mol. The number of aromatic nitrogens is 2. The molecule has 15 heteroatoms. The van der Waals surface area contributed by atoms with Crippen LogP contribution in [0.1, 0.15) is 24.1 Å². The van der Waals surface area contributed by atoms with Gasteiger partial charge in [-0.3, -0.25) is 19.3 Å². The third kappa shape index (κ3) is 4.36. The molecule has 4 rings (SSSR count). The molecule has 2 unspecified atom stereocenters. The van der Waals surface area contributed by atoms with Crippen molar-refractivity contribution in [2.24, 2.45) is 11.1 Å². The average Bonchev–Trinajstić information content (AvgIpc) is 3.40. The van der Waals surface area contributed by atoms with Gasteiger partial charge in [-0.2, -0.15) is 28.2 Å². The minimum absolute atomic E-state index is 0.115. The molecule has 2 fully saturated rings. The molecule has 1 saturated heterocycles. The Labute approximate surface area is 207 Å². The Bertz CT molecular complexity index is 1520.